The molecule has 0 fully saturated rings. The molecule has 4 rings (SSSR count). The lowest BCUT2D eigenvalue weighted by molar-refractivity contribution is 0.372. The third-order valence-corrected chi connectivity index (χ3v) is 4.11. The van der Waals surface area contributed by atoms with Gasteiger partial charge in [0.2, 0.25) is 5.95 Å². The minimum absolute atomic E-state index is 0.151. The van der Waals surface area contributed by atoms with E-state index in [0.717, 1.165) is 22.7 Å². The van der Waals surface area contributed by atoms with Gasteiger partial charge in [-0.05, 0) is 37.3 Å². The number of nitrogens with zero attached hydrogens (tertiary/aromatic N) is 2. The van der Waals surface area contributed by atoms with Crippen LogP contribution in [0.4, 0.5) is 33.2 Å². The van der Waals surface area contributed by atoms with Crippen molar-refractivity contribution in [2.24, 2.45) is 0 Å². The third-order valence-electron chi connectivity index (χ3n) is 4.11. The summed E-state index contributed by atoms with van der Waals surface area (Å²) in [6.07, 6.45) is 1.72. The molecule has 2 heterocycles. The third kappa shape index (κ3) is 3.55. The summed E-state index contributed by atoms with van der Waals surface area (Å²) in [6.45, 7) is 2.39. The van der Waals surface area contributed by atoms with Crippen molar-refractivity contribution in [3.05, 3.63) is 54.0 Å². The van der Waals surface area contributed by atoms with Gasteiger partial charge in [-0.15, -0.1) is 0 Å². The number of methoxy groups -OCH3 is 1. The van der Waals surface area contributed by atoms with Gasteiger partial charge < -0.3 is 25.4 Å². The Hall–Kier alpha value is -3.55. The molecule has 0 radical (unpaired) electrons. The number of fused-ring (bicyclic) bond motifs is 1. The summed E-state index contributed by atoms with van der Waals surface area (Å²) >= 11 is 0. The van der Waals surface area contributed by atoms with E-state index in [1.165, 1.54) is 13.2 Å². The van der Waals surface area contributed by atoms with Crippen LogP contribution in [0.3, 0.4) is 0 Å². The molecule has 0 amide bonds. The molecule has 0 atom stereocenters. The Balaban J connectivity index is 1.56. The van der Waals surface area contributed by atoms with Crippen molar-refractivity contribution in [3.8, 4) is 11.5 Å². The smallest absolute Gasteiger partial charge is 0.229 e. The van der Waals surface area contributed by atoms with Gasteiger partial charge in [-0.3, -0.25) is 0 Å². The predicted octanol–water partition coefficient (Wildman–Crippen LogP) is 4.18. The van der Waals surface area contributed by atoms with E-state index in [9.17, 15) is 4.39 Å². The molecule has 1 aromatic heterocycles. The average molecular weight is 367 g/mol. The van der Waals surface area contributed by atoms with Crippen molar-refractivity contribution in [3.63, 3.8) is 0 Å². The summed E-state index contributed by atoms with van der Waals surface area (Å²) in [4.78, 5) is 8.80. The Morgan fingerprint density at radius 3 is 2.81 bits per heavy atom. The van der Waals surface area contributed by atoms with Crippen molar-refractivity contribution in [1.29, 1.82) is 0 Å². The number of aryl methyl sites for hydroxylation is 1. The summed E-state index contributed by atoms with van der Waals surface area (Å²) in [7, 11) is 1.42. The Bertz CT molecular complexity index is 996. The fourth-order valence-electron chi connectivity index (χ4n) is 2.70. The molecule has 1 aliphatic rings. The van der Waals surface area contributed by atoms with Crippen LogP contribution in [-0.4, -0.2) is 23.8 Å². The highest BCUT2D eigenvalue weighted by molar-refractivity contribution is 5.70. The topological polar surface area (TPSA) is 80.3 Å². The molecule has 138 valence electrons. The second-order valence-electron chi connectivity index (χ2n) is 6.00. The van der Waals surface area contributed by atoms with E-state index >= 15 is 0 Å². The molecule has 3 N–H and O–H groups in total. The molecule has 3 aromatic rings. The molecule has 0 saturated carbocycles. The number of anilines is 5. The van der Waals surface area contributed by atoms with Crippen LogP contribution in [0.25, 0.3) is 0 Å². The molecule has 0 bridgehead atoms. The van der Waals surface area contributed by atoms with Gasteiger partial charge in [0.1, 0.15) is 11.6 Å². The summed E-state index contributed by atoms with van der Waals surface area (Å²) in [5.41, 5.74) is 3.33. The van der Waals surface area contributed by atoms with Gasteiger partial charge >= 0.3 is 0 Å². The minimum Gasteiger partial charge on any atom is -0.494 e. The average Bonchev–Trinajstić information content (AvgIpc) is 3.14. The molecule has 0 spiro atoms. The van der Waals surface area contributed by atoms with Crippen molar-refractivity contribution in [2.75, 3.05) is 29.8 Å². The van der Waals surface area contributed by atoms with E-state index in [2.05, 4.69) is 25.9 Å². The van der Waals surface area contributed by atoms with Gasteiger partial charge in [-0.25, -0.2) is 9.37 Å². The molecule has 0 aliphatic carbocycles. The minimum atomic E-state index is -0.426. The van der Waals surface area contributed by atoms with Crippen molar-refractivity contribution >= 4 is 28.8 Å². The van der Waals surface area contributed by atoms with Gasteiger partial charge in [-0.2, -0.15) is 4.98 Å². The first-order valence-electron chi connectivity index (χ1n) is 8.34. The number of rotatable bonds is 5. The molecule has 27 heavy (non-hydrogen) atoms. The van der Waals surface area contributed by atoms with E-state index in [0.29, 0.717) is 24.2 Å². The Kier molecular flexibility index (Phi) is 4.37. The standard InChI is InChI=1S/C19H18FN5O2/c1-11-9-21-19(24-13-3-5-14(20)17(8-13)26-2)25-18(11)23-12-4-6-16-15(7-12)22-10-27-16/h3-9,22H,10H2,1-2H3,(H2,21,23,24,25). The highest BCUT2D eigenvalue weighted by atomic mass is 19.1. The number of ether oxygens (including phenoxy) is 2. The van der Waals surface area contributed by atoms with Crippen molar-refractivity contribution in [2.45, 2.75) is 6.92 Å². The van der Waals surface area contributed by atoms with Gasteiger partial charge in [0.05, 0.1) is 12.8 Å². The number of halogens is 1. The summed E-state index contributed by atoms with van der Waals surface area (Å²) in [5, 5.41) is 9.50. The molecule has 0 saturated heterocycles. The summed E-state index contributed by atoms with van der Waals surface area (Å²) in [6, 6.07) is 10.3. The van der Waals surface area contributed by atoms with Gasteiger partial charge in [0.15, 0.2) is 18.3 Å². The maximum Gasteiger partial charge on any atom is 0.229 e. The zero-order chi connectivity index (χ0) is 18.8. The van der Waals surface area contributed by atoms with E-state index in [1.54, 1.807) is 18.3 Å². The van der Waals surface area contributed by atoms with Crippen molar-refractivity contribution < 1.29 is 13.9 Å². The quantitative estimate of drug-likeness (QED) is 0.624. The van der Waals surface area contributed by atoms with Gasteiger partial charge in [-0.1, -0.05) is 0 Å². The largest absolute Gasteiger partial charge is 0.494 e. The molecule has 0 unspecified atom stereocenters. The number of hydrogen-bond donors (Lipinski definition) is 3. The van der Waals surface area contributed by atoms with Crippen molar-refractivity contribution in [1.82, 2.24) is 9.97 Å². The molecule has 1 aliphatic heterocycles. The lowest BCUT2D eigenvalue weighted by Crippen LogP contribution is -2.03. The van der Waals surface area contributed by atoms with Crippen LogP contribution >= 0.6 is 0 Å². The molecule has 7 nitrogen and oxygen atoms in total. The van der Waals surface area contributed by atoms with Crippen LogP contribution in [0.15, 0.2) is 42.6 Å². The summed E-state index contributed by atoms with van der Waals surface area (Å²) in [5.74, 6) is 1.61. The van der Waals surface area contributed by atoms with Gasteiger partial charge in [0.25, 0.3) is 0 Å². The fourth-order valence-corrected chi connectivity index (χ4v) is 2.70. The first kappa shape index (κ1) is 16.9. The van der Waals surface area contributed by atoms with Crippen LogP contribution in [-0.2, 0) is 0 Å². The first-order valence-corrected chi connectivity index (χ1v) is 8.34. The van der Waals surface area contributed by atoms with Gasteiger partial charge in [0, 0.05) is 29.2 Å². The number of aromatic nitrogens is 2. The maximum absolute atomic E-state index is 13.6. The molecular formula is C19H18FN5O2. The molecular weight excluding hydrogens is 349 g/mol. The van der Waals surface area contributed by atoms with E-state index < -0.39 is 5.82 Å². The van der Waals surface area contributed by atoms with E-state index in [4.69, 9.17) is 9.47 Å². The number of hydrogen-bond acceptors (Lipinski definition) is 7. The van der Waals surface area contributed by atoms with Crippen LogP contribution in [0.2, 0.25) is 0 Å². The predicted molar refractivity (Wildman–Crippen MR) is 102 cm³/mol. The highest BCUT2D eigenvalue weighted by Crippen LogP contribution is 2.33. The SMILES string of the molecule is COc1cc(Nc2ncc(C)c(Nc3ccc4c(c3)NCO4)n2)ccc1F. The lowest BCUT2D eigenvalue weighted by Gasteiger charge is -2.12. The fraction of sp³-hybridized carbons (Fsp3) is 0.158. The molecule has 8 heteroatoms. The maximum atomic E-state index is 13.6. The van der Waals surface area contributed by atoms with Crippen LogP contribution in [0.1, 0.15) is 5.56 Å². The zero-order valence-corrected chi connectivity index (χ0v) is 14.8. The number of nitrogens with one attached hydrogen (secondary N) is 3. The highest BCUT2D eigenvalue weighted by Gasteiger charge is 2.12. The monoisotopic (exact) mass is 367 g/mol. The van der Waals surface area contributed by atoms with E-state index in [1.807, 2.05) is 25.1 Å². The van der Waals surface area contributed by atoms with Crippen LogP contribution in [0.5, 0.6) is 11.5 Å². The zero-order valence-electron chi connectivity index (χ0n) is 14.8. The normalized spacial score (nSPS) is 12.0. The Labute approximate surface area is 155 Å². The first-order chi connectivity index (χ1) is 13.1. The Morgan fingerprint density at radius 2 is 1.96 bits per heavy atom. The second-order valence-corrected chi connectivity index (χ2v) is 6.00. The van der Waals surface area contributed by atoms with Crippen LogP contribution < -0.4 is 25.4 Å². The second kappa shape index (κ2) is 6.99. The molecule has 2 aromatic carbocycles. The lowest BCUT2D eigenvalue weighted by atomic mass is 10.2. The summed E-state index contributed by atoms with van der Waals surface area (Å²) < 4.78 is 24.0. The Morgan fingerprint density at radius 1 is 1.15 bits per heavy atom. The van der Waals surface area contributed by atoms with Crippen LogP contribution in [0, 0.1) is 12.7 Å². The van der Waals surface area contributed by atoms with E-state index in [-0.39, 0.29) is 5.75 Å². The number of benzene rings is 2.